The summed E-state index contributed by atoms with van der Waals surface area (Å²) in [4.78, 5) is 13.9. The Morgan fingerprint density at radius 1 is 1.46 bits per heavy atom. The first-order valence-electron chi connectivity index (χ1n) is 5.48. The SMILES string of the molecule is CCCC(=O)N1C(C)CC2C(C)C21. The second-order valence-corrected chi connectivity index (χ2v) is 4.65. The number of nitrogens with zero attached hydrogens (tertiary/aromatic N) is 1. The molecule has 0 aromatic heterocycles. The third kappa shape index (κ3) is 1.27. The van der Waals surface area contributed by atoms with Gasteiger partial charge in [-0.3, -0.25) is 4.79 Å². The summed E-state index contributed by atoms with van der Waals surface area (Å²) in [6.07, 6.45) is 2.95. The van der Waals surface area contributed by atoms with Crippen molar-refractivity contribution in [2.24, 2.45) is 11.8 Å². The molecule has 1 saturated carbocycles. The minimum atomic E-state index is 0.381. The Bertz CT molecular complexity index is 226. The van der Waals surface area contributed by atoms with Gasteiger partial charge in [-0.15, -0.1) is 0 Å². The molecule has 0 N–H and O–H groups in total. The van der Waals surface area contributed by atoms with Crippen LogP contribution in [-0.2, 0) is 4.79 Å². The Kier molecular flexibility index (Phi) is 2.09. The molecule has 2 aliphatic rings. The van der Waals surface area contributed by atoms with Crippen molar-refractivity contribution in [3.8, 4) is 0 Å². The molecule has 4 atom stereocenters. The zero-order chi connectivity index (χ0) is 9.59. The summed E-state index contributed by atoms with van der Waals surface area (Å²) in [5.41, 5.74) is 0. The second-order valence-electron chi connectivity index (χ2n) is 4.65. The van der Waals surface area contributed by atoms with E-state index in [0.29, 0.717) is 18.0 Å². The standard InChI is InChI=1S/C11H19NO/c1-4-5-10(13)12-7(2)6-9-8(3)11(9)12/h7-9,11H,4-6H2,1-3H3. The summed E-state index contributed by atoms with van der Waals surface area (Å²) in [5, 5.41) is 0. The molecule has 1 amide bonds. The molecule has 1 saturated heterocycles. The molecule has 1 heterocycles. The third-order valence-electron chi connectivity index (χ3n) is 3.67. The highest BCUT2D eigenvalue weighted by atomic mass is 16.2. The number of rotatable bonds is 2. The maximum absolute atomic E-state index is 11.8. The molecule has 13 heavy (non-hydrogen) atoms. The lowest BCUT2D eigenvalue weighted by molar-refractivity contribution is -0.133. The van der Waals surface area contributed by atoms with Crippen LogP contribution in [0.25, 0.3) is 0 Å². The normalized spacial score (nSPS) is 41.9. The Labute approximate surface area is 80.3 Å². The van der Waals surface area contributed by atoms with Crippen molar-refractivity contribution in [1.29, 1.82) is 0 Å². The van der Waals surface area contributed by atoms with Crippen LogP contribution in [0.15, 0.2) is 0 Å². The smallest absolute Gasteiger partial charge is 0.223 e. The largest absolute Gasteiger partial charge is 0.336 e. The van der Waals surface area contributed by atoms with Gasteiger partial charge in [-0.25, -0.2) is 0 Å². The maximum Gasteiger partial charge on any atom is 0.223 e. The van der Waals surface area contributed by atoms with Crippen LogP contribution >= 0.6 is 0 Å². The third-order valence-corrected chi connectivity index (χ3v) is 3.67. The quantitative estimate of drug-likeness (QED) is 0.638. The lowest BCUT2D eigenvalue weighted by Gasteiger charge is -2.25. The van der Waals surface area contributed by atoms with Crippen LogP contribution in [0.4, 0.5) is 0 Å². The van der Waals surface area contributed by atoms with Crippen molar-refractivity contribution in [2.45, 2.75) is 52.1 Å². The number of hydrogen-bond donors (Lipinski definition) is 0. The van der Waals surface area contributed by atoms with E-state index in [9.17, 15) is 4.79 Å². The molecule has 2 rings (SSSR count). The van der Waals surface area contributed by atoms with Gasteiger partial charge in [0.2, 0.25) is 5.91 Å². The van der Waals surface area contributed by atoms with Crippen LogP contribution < -0.4 is 0 Å². The minimum absolute atomic E-state index is 0.381. The number of carbonyl (C=O) groups is 1. The summed E-state index contributed by atoms with van der Waals surface area (Å²) in [7, 11) is 0. The molecule has 0 aromatic rings. The number of likely N-dealkylation sites (tertiary alicyclic amines) is 1. The van der Waals surface area contributed by atoms with Crippen LogP contribution in [0.1, 0.15) is 40.0 Å². The fourth-order valence-electron chi connectivity index (χ4n) is 2.89. The van der Waals surface area contributed by atoms with Gasteiger partial charge in [-0.1, -0.05) is 13.8 Å². The fraction of sp³-hybridized carbons (Fsp3) is 0.909. The molecule has 0 aromatic carbocycles. The molecular formula is C11H19NO. The lowest BCUT2D eigenvalue weighted by atomic mass is 10.1. The highest BCUT2D eigenvalue weighted by Gasteiger charge is 2.58. The zero-order valence-electron chi connectivity index (χ0n) is 8.79. The van der Waals surface area contributed by atoms with Gasteiger partial charge in [0, 0.05) is 18.5 Å². The van der Waals surface area contributed by atoms with Crippen LogP contribution in [-0.4, -0.2) is 22.9 Å². The Hall–Kier alpha value is -0.530. The zero-order valence-corrected chi connectivity index (χ0v) is 8.79. The molecule has 2 nitrogen and oxygen atoms in total. The van der Waals surface area contributed by atoms with Gasteiger partial charge in [0.15, 0.2) is 0 Å². The highest BCUT2D eigenvalue weighted by molar-refractivity contribution is 5.77. The number of carbonyl (C=O) groups excluding carboxylic acids is 1. The first kappa shape index (κ1) is 9.04. The molecule has 1 aliphatic carbocycles. The van der Waals surface area contributed by atoms with E-state index in [4.69, 9.17) is 0 Å². The average Bonchev–Trinajstić information content (AvgIpc) is 2.58. The Balaban J connectivity index is 2.01. The number of fused-ring (bicyclic) bond motifs is 1. The van der Waals surface area contributed by atoms with E-state index in [1.54, 1.807) is 0 Å². The molecule has 0 bridgehead atoms. The highest BCUT2D eigenvalue weighted by Crippen LogP contribution is 2.53. The number of hydrogen-bond acceptors (Lipinski definition) is 1. The van der Waals surface area contributed by atoms with Gasteiger partial charge < -0.3 is 4.90 Å². The molecule has 2 heteroatoms. The van der Waals surface area contributed by atoms with Gasteiger partial charge in [-0.2, -0.15) is 0 Å². The average molecular weight is 181 g/mol. The summed E-state index contributed by atoms with van der Waals surface area (Å²) < 4.78 is 0. The van der Waals surface area contributed by atoms with Crippen molar-refractivity contribution >= 4 is 5.91 Å². The summed E-state index contributed by atoms with van der Waals surface area (Å²) in [6, 6.07) is 1.11. The van der Waals surface area contributed by atoms with Crippen molar-refractivity contribution in [1.82, 2.24) is 4.90 Å². The van der Waals surface area contributed by atoms with E-state index in [2.05, 4.69) is 25.7 Å². The topological polar surface area (TPSA) is 20.3 Å². The van der Waals surface area contributed by atoms with Crippen molar-refractivity contribution in [3.63, 3.8) is 0 Å². The summed E-state index contributed by atoms with van der Waals surface area (Å²) in [6.45, 7) is 6.53. The van der Waals surface area contributed by atoms with Crippen LogP contribution in [0.5, 0.6) is 0 Å². The van der Waals surface area contributed by atoms with Crippen molar-refractivity contribution < 1.29 is 4.79 Å². The predicted octanol–water partition coefficient (Wildman–Crippen LogP) is 2.04. The molecule has 2 fully saturated rings. The molecule has 0 spiro atoms. The van der Waals surface area contributed by atoms with E-state index in [0.717, 1.165) is 24.7 Å². The molecule has 0 radical (unpaired) electrons. The van der Waals surface area contributed by atoms with Gasteiger partial charge in [0.25, 0.3) is 0 Å². The number of piperidine rings is 1. The molecule has 4 unspecified atom stereocenters. The lowest BCUT2D eigenvalue weighted by Crippen LogP contribution is -2.37. The minimum Gasteiger partial charge on any atom is -0.336 e. The monoisotopic (exact) mass is 181 g/mol. The summed E-state index contributed by atoms with van der Waals surface area (Å²) in [5.74, 6) is 1.99. The first-order chi connectivity index (χ1) is 6.16. The maximum atomic E-state index is 11.8. The van der Waals surface area contributed by atoms with E-state index in [1.165, 1.54) is 6.42 Å². The number of amides is 1. The fourth-order valence-corrected chi connectivity index (χ4v) is 2.89. The van der Waals surface area contributed by atoms with Crippen LogP contribution in [0.3, 0.4) is 0 Å². The predicted molar refractivity (Wildman–Crippen MR) is 52.3 cm³/mol. The van der Waals surface area contributed by atoms with Crippen LogP contribution in [0, 0.1) is 11.8 Å². The summed E-state index contributed by atoms with van der Waals surface area (Å²) >= 11 is 0. The first-order valence-corrected chi connectivity index (χ1v) is 5.48. The van der Waals surface area contributed by atoms with E-state index in [-0.39, 0.29) is 0 Å². The molecular weight excluding hydrogens is 162 g/mol. The second kappa shape index (κ2) is 3.00. The van der Waals surface area contributed by atoms with Gasteiger partial charge in [0.1, 0.15) is 0 Å². The molecule has 1 aliphatic heterocycles. The molecule has 74 valence electrons. The van der Waals surface area contributed by atoms with Gasteiger partial charge >= 0.3 is 0 Å². The van der Waals surface area contributed by atoms with Crippen molar-refractivity contribution in [2.75, 3.05) is 0 Å². The Morgan fingerprint density at radius 2 is 2.15 bits per heavy atom. The van der Waals surface area contributed by atoms with E-state index in [1.807, 2.05) is 0 Å². The Morgan fingerprint density at radius 3 is 2.69 bits per heavy atom. The van der Waals surface area contributed by atoms with Crippen molar-refractivity contribution in [3.05, 3.63) is 0 Å². The van der Waals surface area contributed by atoms with Gasteiger partial charge in [-0.05, 0) is 31.6 Å². The van der Waals surface area contributed by atoms with Gasteiger partial charge in [0.05, 0.1) is 0 Å². The van der Waals surface area contributed by atoms with Crippen LogP contribution in [0.2, 0.25) is 0 Å². The van der Waals surface area contributed by atoms with E-state index >= 15 is 0 Å². The van der Waals surface area contributed by atoms with E-state index < -0.39 is 0 Å².